The molecule has 0 amide bonds. The van der Waals surface area contributed by atoms with Gasteiger partial charge >= 0.3 is 0 Å². The maximum absolute atomic E-state index is 12.7. The Kier molecular flexibility index (Phi) is 18.8. The van der Waals surface area contributed by atoms with Crippen LogP contribution in [0.25, 0.3) is 0 Å². The molecular formula is C37H65NO4. The molecule has 0 N–H and O–H groups in total. The number of carbonyl (C=O) groups excluding carboxylic acids is 3. The molecule has 5 nitrogen and oxygen atoms in total. The Morgan fingerprint density at radius 3 is 2.21 bits per heavy atom. The van der Waals surface area contributed by atoms with Gasteiger partial charge in [-0.1, -0.05) is 97.0 Å². The number of likely N-dealkylation sites (tertiary alicyclic amines) is 1. The number of Topliss-reactive ketones (excluding diaryl/α,β-unsaturated/α-hetero) is 2. The lowest BCUT2D eigenvalue weighted by atomic mass is 9.83. The second-order valence-electron chi connectivity index (χ2n) is 14.3. The quantitative estimate of drug-likeness (QED) is 0.0678. The van der Waals surface area contributed by atoms with Crippen molar-refractivity contribution in [1.29, 1.82) is 0 Å². The first-order valence-electron chi connectivity index (χ1n) is 17.7. The van der Waals surface area contributed by atoms with E-state index in [0.29, 0.717) is 36.4 Å². The highest BCUT2D eigenvalue weighted by Crippen LogP contribution is 2.28. The number of hydrogen-bond acceptors (Lipinski definition) is 5. The zero-order valence-electron chi connectivity index (χ0n) is 27.9. The molecular weight excluding hydrogens is 522 g/mol. The Balaban J connectivity index is 1.73. The first-order valence-corrected chi connectivity index (χ1v) is 17.7. The summed E-state index contributed by atoms with van der Waals surface area (Å²) in [6.07, 6.45) is 26.9. The van der Waals surface area contributed by atoms with E-state index in [4.69, 9.17) is 4.74 Å². The van der Waals surface area contributed by atoms with E-state index in [9.17, 15) is 14.4 Å². The average molecular weight is 588 g/mol. The van der Waals surface area contributed by atoms with Crippen LogP contribution >= 0.6 is 0 Å². The summed E-state index contributed by atoms with van der Waals surface area (Å²) in [7, 11) is 0. The summed E-state index contributed by atoms with van der Waals surface area (Å²) in [6.45, 7) is 11.2. The second kappa shape index (κ2) is 21.4. The van der Waals surface area contributed by atoms with E-state index >= 15 is 0 Å². The van der Waals surface area contributed by atoms with Crippen LogP contribution in [0.2, 0.25) is 0 Å². The van der Waals surface area contributed by atoms with E-state index in [2.05, 4.69) is 24.8 Å². The van der Waals surface area contributed by atoms with Gasteiger partial charge in [0.1, 0.15) is 11.6 Å². The van der Waals surface area contributed by atoms with Gasteiger partial charge in [-0.05, 0) is 76.8 Å². The summed E-state index contributed by atoms with van der Waals surface area (Å²) in [4.78, 5) is 38.2. The van der Waals surface area contributed by atoms with Crippen molar-refractivity contribution < 1.29 is 19.1 Å². The molecule has 1 aliphatic heterocycles. The first-order chi connectivity index (χ1) is 20.2. The fourth-order valence-electron chi connectivity index (χ4n) is 6.68. The summed E-state index contributed by atoms with van der Waals surface area (Å²) < 4.78 is 6.17. The Hall–Kier alpha value is -1.33. The molecule has 2 atom stereocenters. The van der Waals surface area contributed by atoms with Gasteiger partial charge in [0, 0.05) is 37.5 Å². The van der Waals surface area contributed by atoms with Crippen molar-refractivity contribution in [3.63, 3.8) is 0 Å². The second-order valence-corrected chi connectivity index (χ2v) is 14.3. The average Bonchev–Trinajstić information content (AvgIpc) is 3.14. The number of unbranched alkanes of at least 4 members (excludes halogenated alkanes) is 7. The molecule has 0 aromatic heterocycles. The van der Waals surface area contributed by atoms with Crippen LogP contribution in [0.3, 0.4) is 0 Å². The predicted octanol–water partition coefficient (Wildman–Crippen LogP) is 9.06. The van der Waals surface area contributed by atoms with Crippen LogP contribution in [-0.4, -0.2) is 54.6 Å². The van der Waals surface area contributed by atoms with Gasteiger partial charge in [-0.3, -0.25) is 14.5 Å². The van der Waals surface area contributed by atoms with Crippen molar-refractivity contribution in [3.05, 3.63) is 12.2 Å². The van der Waals surface area contributed by atoms with Crippen LogP contribution < -0.4 is 0 Å². The van der Waals surface area contributed by atoms with E-state index in [-0.39, 0.29) is 11.2 Å². The monoisotopic (exact) mass is 587 g/mol. The smallest absolute Gasteiger partial charge is 0.155 e. The van der Waals surface area contributed by atoms with E-state index in [0.717, 1.165) is 77.2 Å². The Bertz CT molecular complexity index is 796. The van der Waals surface area contributed by atoms with Gasteiger partial charge < -0.3 is 9.53 Å². The number of hydrogen-bond donors (Lipinski definition) is 0. The number of allylic oxidation sites excluding steroid dienone is 1. The number of carbonyl (C=O) groups is 3. The summed E-state index contributed by atoms with van der Waals surface area (Å²) in [5.74, 6) is 2.07. The number of ketones is 3. The van der Waals surface area contributed by atoms with Gasteiger partial charge in [0.25, 0.3) is 0 Å². The molecule has 1 saturated heterocycles. The fraction of sp³-hybridized carbons (Fsp3) is 0.865. The molecule has 2 aliphatic rings. The Morgan fingerprint density at radius 2 is 1.50 bits per heavy atom. The minimum absolute atomic E-state index is 0.196. The number of rotatable bonds is 23. The lowest BCUT2D eigenvalue weighted by Gasteiger charge is -2.24. The first kappa shape index (κ1) is 36.9. The molecule has 0 aromatic rings. The molecule has 42 heavy (non-hydrogen) atoms. The van der Waals surface area contributed by atoms with Crippen molar-refractivity contribution in [2.75, 3.05) is 26.3 Å². The highest BCUT2D eigenvalue weighted by molar-refractivity contribution is 5.89. The fourth-order valence-corrected chi connectivity index (χ4v) is 6.68. The predicted molar refractivity (Wildman–Crippen MR) is 175 cm³/mol. The van der Waals surface area contributed by atoms with Gasteiger partial charge in [0.15, 0.2) is 5.78 Å². The molecule has 242 valence electrons. The Labute approximate surface area is 259 Å². The van der Waals surface area contributed by atoms with Gasteiger partial charge in [0.2, 0.25) is 0 Å². The molecule has 2 fully saturated rings. The van der Waals surface area contributed by atoms with Crippen LogP contribution in [0, 0.1) is 17.3 Å². The maximum Gasteiger partial charge on any atom is 0.155 e. The van der Waals surface area contributed by atoms with Gasteiger partial charge in [-0.2, -0.15) is 0 Å². The van der Waals surface area contributed by atoms with Crippen molar-refractivity contribution in [2.24, 2.45) is 17.3 Å². The largest absolute Gasteiger partial charge is 0.380 e. The maximum atomic E-state index is 12.7. The van der Waals surface area contributed by atoms with Crippen molar-refractivity contribution in [1.82, 2.24) is 4.90 Å². The van der Waals surface area contributed by atoms with E-state index < -0.39 is 0 Å². The lowest BCUT2D eigenvalue weighted by molar-refractivity contribution is -0.125. The molecule has 1 saturated carbocycles. The van der Waals surface area contributed by atoms with Crippen LogP contribution in [0.1, 0.15) is 156 Å². The topological polar surface area (TPSA) is 63.7 Å². The third-order valence-corrected chi connectivity index (χ3v) is 9.97. The molecule has 0 bridgehead atoms. The minimum atomic E-state index is -0.196. The third-order valence-electron chi connectivity index (χ3n) is 9.97. The van der Waals surface area contributed by atoms with Gasteiger partial charge in [-0.25, -0.2) is 0 Å². The van der Waals surface area contributed by atoms with Crippen LogP contribution in [0.5, 0.6) is 0 Å². The molecule has 5 heteroatoms. The summed E-state index contributed by atoms with van der Waals surface area (Å²) in [5.41, 5.74) is -0.196. The molecule has 1 heterocycles. The number of ether oxygens (including phenoxy) is 1. The minimum Gasteiger partial charge on any atom is -0.380 e. The summed E-state index contributed by atoms with van der Waals surface area (Å²) in [6, 6.07) is 0.424. The SMILES string of the molecule is CC(=O)CCCCCCCOC[C@@H]1C[C@H](C=CC(=O)CCC2CCCCCC2)CN1CCCCCCC(C)(C)C(C)=O. The standard InChI is InChI=1S/C37H65NO4/c1-31(39)18-12-6-5-11-17-27-42-30-35-28-34(22-24-36(41)23-21-33-19-13-7-8-14-20-33)29-38(35)26-16-10-9-15-25-37(3,4)32(2)40/h22,24,33-35H,5-21,23,25-30H2,1-4H3/t34-,35-/m0/s1. The zero-order valence-corrected chi connectivity index (χ0v) is 27.9. The van der Waals surface area contributed by atoms with Crippen LogP contribution in [0.4, 0.5) is 0 Å². The third kappa shape index (κ3) is 16.5. The highest BCUT2D eigenvalue weighted by atomic mass is 16.5. The molecule has 0 spiro atoms. The van der Waals surface area contributed by atoms with Crippen molar-refractivity contribution in [3.8, 4) is 0 Å². The van der Waals surface area contributed by atoms with Gasteiger partial charge in [-0.15, -0.1) is 0 Å². The summed E-state index contributed by atoms with van der Waals surface area (Å²) >= 11 is 0. The van der Waals surface area contributed by atoms with E-state index in [1.54, 1.807) is 13.8 Å². The van der Waals surface area contributed by atoms with Crippen molar-refractivity contribution in [2.45, 2.75) is 162 Å². The lowest BCUT2D eigenvalue weighted by Crippen LogP contribution is -2.34. The van der Waals surface area contributed by atoms with Gasteiger partial charge in [0.05, 0.1) is 6.61 Å². The van der Waals surface area contributed by atoms with E-state index in [1.807, 2.05) is 6.08 Å². The van der Waals surface area contributed by atoms with Crippen LogP contribution in [0.15, 0.2) is 12.2 Å². The van der Waals surface area contributed by atoms with Crippen LogP contribution in [-0.2, 0) is 19.1 Å². The molecule has 0 unspecified atom stereocenters. The Morgan fingerprint density at radius 1 is 0.833 bits per heavy atom. The van der Waals surface area contributed by atoms with Crippen molar-refractivity contribution >= 4 is 17.3 Å². The molecule has 2 rings (SSSR count). The zero-order chi connectivity index (χ0) is 30.6. The normalized spacial score (nSPS) is 20.8. The molecule has 0 radical (unpaired) electrons. The molecule has 1 aliphatic carbocycles. The number of nitrogens with zero attached hydrogens (tertiary/aromatic N) is 1. The molecule has 0 aromatic carbocycles. The highest BCUT2D eigenvalue weighted by Gasteiger charge is 2.30. The summed E-state index contributed by atoms with van der Waals surface area (Å²) in [5, 5.41) is 0. The van der Waals surface area contributed by atoms with E-state index in [1.165, 1.54) is 70.6 Å².